The van der Waals surface area contributed by atoms with Crippen LogP contribution in [0.3, 0.4) is 0 Å². The maximum absolute atomic E-state index is 12.8. The maximum atomic E-state index is 12.8. The summed E-state index contributed by atoms with van der Waals surface area (Å²) >= 11 is 3.24. The van der Waals surface area contributed by atoms with Gasteiger partial charge in [-0.1, -0.05) is 11.8 Å². The highest BCUT2D eigenvalue weighted by Crippen LogP contribution is 2.21. The Hall–Kier alpha value is -1.26. The number of thioether (sulfide) groups is 2. The van der Waals surface area contributed by atoms with Gasteiger partial charge in [0.25, 0.3) is 0 Å². The number of H-pyrrole nitrogens is 1. The number of aromatic nitrogens is 3. The number of nitrogens with zero attached hydrogens (tertiary/aromatic N) is 4. The lowest BCUT2D eigenvalue weighted by Crippen LogP contribution is -2.44. The number of likely N-dealkylation sites (tertiary alicyclic amines) is 1. The predicted octanol–water partition coefficient (Wildman–Crippen LogP) is 0.607. The van der Waals surface area contributed by atoms with Gasteiger partial charge in [-0.2, -0.15) is 11.8 Å². The fraction of sp³-hybridized carbons (Fsp3) is 0.765. The Morgan fingerprint density at radius 3 is 2.78 bits per heavy atom. The minimum Gasteiger partial charge on any atom is -0.351 e. The molecule has 2 atom stereocenters. The van der Waals surface area contributed by atoms with Gasteiger partial charge in [0.15, 0.2) is 0 Å². The van der Waals surface area contributed by atoms with Crippen molar-refractivity contribution < 1.29 is 9.59 Å². The van der Waals surface area contributed by atoms with E-state index in [0.29, 0.717) is 10.9 Å². The average molecular weight is 413 g/mol. The highest BCUT2D eigenvalue weighted by Gasteiger charge is 2.30. The summed E-state index contributed by atoms with van der Waals surface area (Å²) in [5.41, 5.74) is 0. The molecule has 27 heavy (non-hydrogen) atoms. The summed E-state index contributed by atoms with van der Waals surface area (Å²) in [5, 5.41) is 10.5. The van der Waals surface area contributed by atoms with E-state index in [2.05, 4.69) is 25.4 Å². The van der Waals surface area contributed by atoms with E-state index < -0.39 is 0 Å². The number of likely N-dealkylation sites (N-methyl/N-ethyl adjacent to an activating group) is 1. The molecule has 0 radical (unpaired) electrons. The minimum absolute atomic E-state index is 0.0151. The molecule has 150 valence electrons. The molecule has 1 aromatic heterocycles. The molecule has 10 heteroatoms. The Morgan fingerprint density at radius 1 is 1.30 bits per heavy atom. The Kier molecular flexibility index (Phi) is 7.42. The van der Waals surface area contributed by atoms with Gasteiger partial charge in [0.2, 0.25) is 17.0 Å². The SMILES string of the molecule is Cc1nc(SCC(=O)N[C@H]2CC[C@@H](C(=O)N3CCSCC3)CN(C)C2)n[nH]1. The van der Waals surface area contributed by atoms with Crippen LogP contribution in [0.2, 0.25) is 0 Å². The lowest BCUT2D eigenvalue weighted by Gasteiger charge is -2.30. The Labute approximate surface area is 168 Å². The average Bonchev–Trinajstić information content (AvgIpc) is 2.99. The van der Waals surface area contributed by atoms with Gasteiger partial charge in [0, 0.05) is 43.7 Å². The number of carbonyl (C=O) groups is 2. The number of aryl methyl sites for hydroxylation is 1. The molecule has 2 aliphatic heterocycles. The third-order valence-corrected chi connectivity index (χ3v) is 6.66. The molecule has 3 heterocycles. The van der Waals surface area contributed by atoms with Gasteiger partial charge in [-0.25, -0.2) is 4.98 Å². The molecule has 0 spiro atoms. The Morgan fingerprint density at radius 2 is 2.07 bits per heavy atom. The van der Waals surface area contributed by atoms with Crippen molar-refractivity contribution >= 4 is 35.3 Å². The van der Waals surface area contributed by atoms with E-state index in [1.54, 1.807) is 0 Å². The van der Waals surface area contributed by atoms with E-state index in [4.69, 9.17) is 0 Å². The second-order valence-corrected chi connectivity index (χ2v) is 9.36. The Balaban J connectivity index is 1.46. The van der Waals surface area contributed by atoms with Gasteiger partial charge in [-0.3, -0.25) is 14.7 Å². The van der Waals surface area contributed by atoms with Crippen LogP contribution in [0.5, 0.6) is 0 Å². The number of hydrogen-bond donors (Lipinski definition) is 2. The van der Waals surface area contributed by atoms with Crippen LogP contribution < -0.4 is 5.32 Å². The van der Waals surface area contributed by atoms with Gasteiger partial charge >= 0.3 is 0 Å². The summed E-state index contributed by atoms with van der Waals surface area (Å²) in [6.45, 7) is 5.10. The van der Waals surface area contributed by atoms with Crippen LogP contribution >= 0.6 is 23.5 Å². The zero-order valence-electron chi connectivity index (χ0n) is 15.9. The summed E-state index contributed by atoms with van der Waals surface area (Å²) in [6, 6.07) is 0.0756. The third-order valence-electron chi connectivity index (χ3n) is 4.87. The second kappa shape index (κ2) is 9.79. The molecule has 8 nitrogen and oxygen atoms in total. The molecular weight excluding hydrogens is 384 g/mol. The van der Waals surface area contributed by atoms with E-state index in [-0.39, 0.29) is 23.8 Å². The number of aromatic amines is 1. The molecule has 1 aromatic rings. The fourth-order valence-electron chi connectivity index (χ4n) is 3.56. The van der Waals surface area contributed by atoms with Gasteiger partial charge in [0.05, 0.1) is 11.7 Å². The highest BCUT2D eigenvalue weighted by atomic mass is 32.2. The molecule has 0 aromatic carbocycles. The molecule has 3 rings (SSSR count). The quantitative estimate of drug-likeness (QED) is 0.684. The molecule has 0 aliphatic carbocycles. The molecule has 2 fully saturated rings. The molecule has 0 saturated carbocycles. The van der Waals surface area contributed by atoms with E-state index in [1.165, 1.54) is 11.8 Å². The summed E-state index contributed by atoms with van der Waals surface area (Å²) in [7, 11) is 2.03. The maximum Gasteiger partial charge on any atom is 0.230 e. The van der Waals surface area contributed by atoms with Crippen LogP contribution in [0.4, 0.5) is 0 Å². The van der Waals surface area contributed by atoms with Crippen LogP contribution in [0, 0.1) is 12.8 Å². The van der Waals surface area contributed by atoms with Crippen LogP contribution in [-0.4, -0.2) is 93.3 Å². The van der Waals surface area contributed by atoms with Crippen molar-refractivity contribution in [3.8, 4) is 0 Å². The lowest BCUT2D eigenvalue weighted by molar-refractivity contribution is -0.135. The number of hydrogen-bond acceptors (Lipinski definition) is 7. The summed E-state index contributed by atoms with van der Waals surface area (Å²) in [5.74, 6) is 3.41. The Bertz CT molecular complexity index is 649. The van der Waals surface area contributed by atoms with Crippen molar-refractivity contribution in [1.82, 2.24) is 30.3 Å². The first-order valence-electron chi connectivity index (χ1n) is 9.37. The standard InChI is InChI=1S/C17H28N6O2S2/c1-12-18-17(21-20-12)27-11-15(24)19-14-4-3-13(9-22(2)10-14)16(25)23-5-7-26-8-6-23/h13-14H,3-11H2,1-2H3,(H,19,24)(H,18,20,21)/t13-,14+/m1/s1. The first kappa shape index (κ1) is 20.5. The molecule has 2 saturated heterocycles. The van der Waals surface area contributed by atoms with E-state index in [0.717, 1.165) is 56.4 Å². The summed E-state index contributed by atoms with van der Waals surface area (Å²) in [4.78, 5) is 33.5. The number of carbonyl (C=O) groups excluding carboxylic acids is 2. The monoisotopic (exact) mass is 412 g/mol. The normalized spacial score (nSPS) is 24.4. The zero-order chi connectivity index (χ0) is 19.2. The van der Waals surface area contributed by atoms with E-state index in [9.17, 15) is 9.59 Å². The molecular formula is C17H28N6O2S2. The lowest BCUT2D eigenvalue weighted by atomic mass is 10.00. The number of amides is 2. The third kappa shape index (κ3) is 6.11. The molecule has 2 aliphatic rings. The fourth-order valence-corrected chi connectivity index (χ4v) is 5.12. The van der Waals surface area contributed by atoms with Gasteiger partial charge in [0.1, 0.15) is 5.82 Å². The zero-order valence-corrected chi connectivity index (χ0v) is 17.6. The van der Waals surface area contributed by atoms with Gasteiger partial charge in [-0.05, 0) is 26.8 Å². The molecule has 2 amide bonds. The highest BCUT2D eigenvalue weighted by molar-refractivity contribution is 7.99. The smallest absolute Gasteiger partial charge is 0.230 e. The number of nitrogens with one attached hydrogen (secondary N) is 2. The largest absolute Gasteiger partial charge is 0.351 e. The number of rotatable bonds is 5. The topological polar surface area (TPSA) is 94.2 Å². The van der Waals surface area contributed by atoms with Crippen molar-refractivity contribution in [2.75, 3.05) is 50.5 Å². The van der Waals surface area contributed by atoms with E-state index >= 15 is 0 Å². The predicted molar refractivity (Wildman–Crippen MR) is 108 cm³/mol. The first-order chi connectivity index (χ1) is 13.0. The van der Waals surface area contributed by atoms with Crippen molar-refractivity contribution in [3.05, 3.63) is 5.82 Å². The minimum atomic E-state index is -0.0151. The summed E-state index contributed by atoms with van der Waals surface area (Å²) < 4.78 is 0. The molecule has 2 N–H and O–H groups in total. The van der Waals surface area contributed by atoms with E-state index in [1.807, 2.05) is 30.6 Å². The van der Waals surface area contributed by atoms with Gasteiger partial charge < -0.3 is 15.1 Å². The second-order valence-electron chi connectivity index (χ2n) is 7.19. The van der Waals surface area contributed by atoms with Gasteiger partial charge in [-0.15, -0.1) is 5.10 Å². The van der Waals surface area contributed by atoms with Crippen molar-refractivity contribution in [2.24, 2.45) is 5.92 Å². The molecule has 0 unspecified atom stereocenters. The summed E-state index contributed by atoms with van der Waals surface area (Å²) in [6.07, 6.45) is 1.66. The first-order valence-corrected chi connectivity index (χ1v) is 11.5. The van der Waals surface area contributed by atoms with Crippen LogP contribution in [0.1, 0.15) is 18.7 Å². The van der Waals surface area contributed by atoms with Crippen molar-refractivity contribution in [3.63, 3.8) is 0 Å². The van der Waals surface area contributed by atoms with Crippen molar-refractivity contribution in [2.45, 2.75) is 31.0 Å². The molecule has 0 bridgehead atoms. The van der Waals surface area contributed by atoms with Crippen molar-refractivity contribution in [1.29, 1.82) is 0 Å². The van der Waals surface area contributed by atoms with Crippen LogP contribution in [0.25, 0.3) is 0 Å². The van der Waals surface area contributed by atoms with Crippen LogP contribution in [-0.2, 0) is 9.59 Å². The van der Waals surface area contributed by atoms with Crippen LogP contribution in [0.15, 0.2) is 5.16 Å².